The van der Waals surface area contributed by atoms with E-state index in [2.05, 4.69) is 11.9 Å². The first-order valence-electron chi connectivity index (χ1n) is 10.2. The minimum absolute atomic E-state index is 0.0262. The van der Waals surface area contributed by atoms with Gasteiger partial charge in [0, 0.05) is 16.5 Å². The monoisotopic (exact) mass is 415 g/mol. The fourth-order valence-electron chi connectivity index (χ4n) is 3.50. The molecule has 0 saturated heterocycles. The van der Waals surface area contributed by atoms with Gasteiger partial charge in [-0.05, 0) is 42.3 Å². The molecule has 1 N–H and O–H groups in total. The van der Waals surface area contributed by atoms with E-state index in [4.69, 9.17) is 4.74 Å². The molecule has 0 bridgehead atoms. The van der Waals surface area contributed by atoms with Crippen LogP contribution in [0.3, 0.4) is 0 Å². The first kappa shape index (κ1) is 20.5. The van der Waals surface area contributed by atoms with E-state index in [0.717, 1.165) is 35.3 Å². The summed E-state index contributed by atoms with van der Waals surface area (Å²) in [7, 11) is 0. The maximum absolute atomic E-state index is 13.6. The number of fused-ring (bicyclic) bond motifs is 1. The number of hydrogen-bond donors (Lipinski definition) is 1. The maximum atomic E-state index is 13.6. The van der Waals surface area contributed by atoms with Crippen LogP contribution in [0.25, 0.3) is 33.3 Å². The minimum atomic E-state index is -1.12. The SMILES string of the molecule is CCCCOc1ccccc1-c1ccc(-c2cc(C(=O)O)c3cc(F)ccc3n2)cc1. The van der Waals surface area contributed by atoms with E-state index in [9.17, 15) is 14.3 Å². The Morgan fingerprint density at radius 3 is 2.48 bits per heavy atom. The molecule has 0 fully saturated rings. The van der Waals surface area contributed by atoms with Crippen LogP contribution in [0.5, 0.6) is 5.75 Å². The van der Waals surface area contributed by atoms with Crippen LogP contribution >= 0.6 is 0 Å². The largest absolute Gasteiger partial charge is 0.493 e. The van der Waals surface area contributed by atoms with Gasteiger partial charge in [0.1, 0.15) is 11.6 Å². The lowest BCUT2D eigenvalue weighted by Gasteiger charge is -2.12. The minimum Gasteiger partial charge on any atom is -0.493 e. The molecule has 1 heterocycles. The molecule has 4 aromatic rings. The quantitative estimate of drug-likeness (QED) is 0.346. The highest BCUT2D eigenvalue weighted by molar-refractivity contribution is 6.03. The summed E-state index contributed by atoms with van der Waals surface area (Å²) in [4.78, 5) is 16.3. The van der Waals surface area contributed by atoms with Crippen LogP contribution in [0.1, 0.15) is 30.1 Å². The zero-order valence-electron chi connectivity index (χ0n) is 17.1. The van der Waals surface area contributed by atoms with Gasteiger partial charge in [0.15, 0.2) is 0 Å². The van der Waals surface area contributed by atoms with Crippen LogP contribution in [0.2, 0.25) is 0 Å². The van der Waals surface area contributed by atoms with Crippen LogP contribution in [0, 0.1) is 5.82 Å². The number of carboxylic acid groups (broad SMARTS) is 1. The topological polar surface area (TPSA) is 59.4 Å². The highest BCUT2D eigenvalue weighted by Gasteiger charge is 2.14. The van der Waals surface area contributed by atoms with Gasteiger partial charge in [0.2, 0.25) is 0 Å². The molecule has 0 aliphatic heterocycles. The van der Waals surface area contributed by atoms with Crippen LogP contribution in [-0.4, -0.2) is 22.7 Å². The van der Waals surface area contributed by atoms with Crippen LogP contribution in [0.15, 0.2) is 72.8 Å². The Kier molecular flexibility index (Phi) is 5.94. The molecule has 0 amide bonds. The van der Waals surface area contributed by atoms with Gasteiger partial charge in [-0.3, -0.25) is 0 Å². The van der Waals surface area contributed by atoms with E-state index in [1.807, 2.05) is 48.5 Å². The summed E-state index contributed by atoms with van der Waals surface area (Å²) in [5.74, 6) is -0.773. The first-order chi connectivity index (χ1) is 15.1. The zero-order valence-corrected chi connectivity index (χ0v) is 17.1. The molecule has 4 nitrogen and oxygen atoms in total. The molecule has 1 aromatic heterocycles. The van der Waals surface area contributed by atoms with Crippen molar-refractivity contribution in [2.24, 2.45) is 0 Å². The fraction of sp³-hybridized carbons (Fsp3) is 0.154. The highest BCUT2D eigenvalue weighted by Crippen LogP contribution is 2.32. The van der Waals surface area contributed by atoms with Gasteiger partial charge in [-0.25, -0.2) is 14.2 Å². The Bertz CT molecular complexity index is 1240. The molecule has 0 aliphatic rings. The fourth-order valence-corrected chi connectivity index (χ4v) is 3.50. The van der Waals surface area contributed by atoms with Crippen molar-refractivity contribution in [3.05, 3.63) is 84.2 Å². The van der Waals surface area contributed by atoms with Gasteiger partial charge in [-0.1, -0.05) is 55.8 Å². The van der Waals surface area contributed by atoms with Crippen molar-refractivity contribution in [1.82, 2.24) is 4.98 Å². The average molecular weight is 415 g/mol. The summed E-state index contributed by atoms with van der Waals surface area (Å²) in [5.41, 5.74) is 3.76. The van der Waals surface area contributed by atoms with Crippen molar-refractivity contribution in [3.63, 3.8) is 0 Å². The first-order valence-corrected chi connectivity index (χ1v) is 10.2. The van der Waals surface area contributed by atoms with E-state index >= 15 is 0 Å². The molecule has 0 spiro atoms. The van der Waals surface area contributed by atoms with Crippen molar-refractivity contribution >= 4 is 16.9 Å². The predicted molar refractivity (Wildman–Crippen MR) is 120 cm³/mol. The van der Waals surface area contributed by atoms with Crippen molar-refractivity contribution < 1.29 is 19.0 Å². The lowest BCUT2D eigenvalue weighted by atomic mass is 10.00. The Morgan fingerprint density at radius 1 is 1.00 bits per heavy atom. The Balaban J connectivity index is 1.70. The van der Waals surface area contributed by atoms with Crippen LogP contribution < -0.4 is 4.74 Å². The molecule has 0 radical (unpaired) electrons. The van der Waals surface area contributed by atoms with Crippen LogP contribution in [0.4, 0.5) is 4.39 Å². The summed E-state index contributed by atoms with van der Waals surface area (Å²) >= 11 is 0. The summed E-state index contributed by atoms with van der Waals surface area (Å²) in [6.07, 6.45) is 2.07. The number of hydrogen-bond acceptors (Lipinski definition) is 3. The lowest BCUT2D eigenvalue weighted by molar-refractivity contribution is 0.0699. The van der Waals surface area contributed by atoms with E-state index in [1.165, 1.54) is 24.3 Å². The molecular weight excluding hydrogens is 393 g/mol. The molecule has 5 heteroatoms. The second-order valence-corrected chi connectivity index (χ2v) is 7.30. The molecule has 31 heavy (non-hydrogen) atoms. The molecule has 0 unspecified atom stereocenters. The highest BCUT2D eigenvalue weighted by atomic mass is 19.1. The second-order valence-electron chi connectivity index (χ2n) is 7.30. The lowest BCUT2D eigenvalue weighted by Crippen LogP contribution is -2.00. The number of para-hydroxylation sites is 1. The number of ether oxygens (including phenoxy) is 1. The Morgan fingerprint density at radius 2 is 1.74 bits per heavy atom. The van der Waals surface area contributed by atoms with Gasteiger partial charge >= 0.3 is 5.97 Å². The van der Waals surface area contributed by atoms with Crippen molar-refractivity contribution in [2.45, 2.75) is 19.8 Å². The second kappa shape index (κ2) is 8.96. The van der Waals surface area contributed by atoms with E-state index in [1.54, 1.807) is 0 Å². The van der Waals surface area contributed by atoms with Gasteiger partial charge in [0.25, 0.3) is 0 Å². The van der Waals surface area contributed by atoms with E-state index in [0.29, 0.717) is 17.8 Å². The third-order valence-electron chi connectivity index (χ3n) is 5.14. The molecule has 0 aliphatic carbocycles. The number of rotatable bonds is 7. The summed E-state index contributed by atoms with van der Waals surface area (Å²) in [6, 6.07) is 21.1. The number of carboxylic acids is 1. The summed E-state index contributed by atoms with van der Waals surface area (Å²) < 4.78 is 19.5. The smallest absolute Gasteiger partial charge is 0.336 e. The number of carbonyl (C=O) groups is 1. The maximum Gasteiger partial charge on any atom is 0.336 e. The standard InChI is InChI=1S/C26H22FNO3/c1-2-3-14-31-25-7-5-4-6-20(25)17-8-10-18(11-9-17)24-16-22(26(29)30)21-15-19(27)12-13-23(21)28-24/h4-13,15-16H,2-3,14H2,1H3,(H,29,30). The molecular formula is C26H22FNO3. The zero-order chi connectivity index (χ0) is 21.8. The van der Waals surface area contributed by atoms with Crippen molar-refractivity contribution in [3.8, 4) is 28.1 Å². The summed E-state index contributed by atoms with van der Waals surface area (Å²) in [6.45, 7) is 2.80. The molecule has 0 saturated carbocycles. The van der Waals surface area contributed by atoms with E-state index < -0.39 is 11.8 Å². The number of aromatic nitrogens is 1. The van der Waals surface area contributed by atoms with E-state index in [-0.39, 0.29) is 10.9 Å². The van der Waals surface area contributed by atoms with Crippen LogP contribution in [-0.2, 0) is 0 Å². The normalized spacial score (nSPS) is 10.9. The Labute approximate surface area is 180 Å². The number of pyridine rings is 1. The van der Waals surface area contributed by atoms with Crippen molar-refractivity contribution in [2.75, 3.05) is 6.61 Å². The Hall–Kier alpha value is -3.73. The number of halogens is 1. The number of aromatic carboxylic acids is 1. The number of unbranched alkanes of at least 4 members (excludes halogenated alkanes) is 1. The molecule has 156 valence electrons. The molecule has 0 atom stereocenters. The summed E-state index contributed by atoms with van der Waals surface area (Å²) in [5, 5.41) is 9.88. The van der Waals surface area contributed by atoms with Crippen molar-refractivity contribution in [1.29, 1.82) is 0 Å². The molecule has 3 aromatic carbocycles. The molecule has 4 rings (SSSR count). The van der Waals surface area contributed by atoms with Gasteiger partial charge in [-0.2, -0.15) is 0 Å². The third-order valence-corrected chi connectivity index (χ3v) is 5.14. The third kappa shape index (κ3) is 4.40. The van der Waals surface area contributed by atoms with Gasteiger partial charge < -0.3 is 9.84 Å². The number of nitrogens with zero attached hydrogens (tertiary/aromatic N) is 1. The average Bonchev–Trinajstić information content (AvgIpc) is 2.79. The predicted octanol–water partition coefficient (Wildman–Crippen LogP) is 6.59. The van der Waals surface area contributed by atoms with Gasteiger partial charge in [0.05, 0.1) is 23.4 Å². The van der Waals surface area contributed by atoms with Gasteiger partial charge in [-0.15, -0.1) is 0 Å². The number of benzene rings is 3.